The molecule has 0 aliphatic heterocycles. The lowest BCUT2D eigenvalue weighted by molar-refractivity contribution is 0.0601. The molecule has 8 heteroatoms. The molecule has 4 aromatic rings. The number of phenols is 1. The molecule has 0 fully saturated rings. The number of benzene rings is 2. The van der Waals surface area contributed by atoms with Crippen LogP contribution in [0.3, 0.4) is 0 Å². The predicted octanol–water partition coefficient (Wildman–Crippen LogP) is 4.80. The second-order valence-corrected chi connectivity index (χ2v) is 8.55. The van der Waals surface area contributed by atoms with Crippen molar-refractivity contribution in [3.05, 3.63) is 57.9 Å². The number of aromatic nitrogens is 3. The number of fused-ring (bicyclic) bond motifs is 1. The van der Waals surface area contributed by atoms with Crippen molar-refractivity contribution in [2.75, 3.05) is 13.7 Å². The summed E-state index contributed by atoms with van der Waals surface area (Å²) in [5.74, 6) is 1.59. The van der Waals surface area contributed by atoms with E-state index in [9.17, 15) is 9.90 Å². The van der Waals surface area contributed by atoms with Crippen LogP contribution >= 0.6 is 11.3 Å². The molecule has 0 unspecified atom stereocenters. The average Bonchev–Trinajstić information content (AvgIpc) is 3.38. The number of H-pyrrole nitrogens is 1. The summed E-state index contributed by atoms with van der Waals surface area (Å²) in [6, 6.07) is 10.3. The highest BCUT2D eigenvalue weighted by Crippen LogP contribution is 2.29. The molecule has 2 N–H and O–H groups in total. The number of imidazole rings is 1. The summed E-state index contributed by atoms with van der Waals surface area (Å²) in [4.78, 5) is 24.3. The van der Waals surface area contributed by atoms with Crippen LogP contribution in [0.4, 0.5) is 0 Å². The van der Waals surface area contributed by atoms with Gasteiger partial charge in [0.2, 0.25) is 0 Å². The number of aromatic hydroxyl groups is 1. The fourth-order valence-corrected chi connectivity index (χ4v) is 3.94. The van der Waals surface area contributed by atoms with E-state index in [0.29, 0.717) is 30.3 Å². The third kappa shape index (κ3) is 4.69. The molecule has 0 saturated carbocycles. The molecule has 0 atom stereocenters. The molecule has 0 aliphatic rings. The first kappa shape index (κ1) is 20.9. The number of phenolic OH excluding ortho intramolecular Hbond substituents is 1. The number of carbonyl (C=O) groups excluding carboxylic acids is 1. The summed E-state index contributed by atoms with van der Waals surface area (Å²) in [5.41, 5.74) is 3.55. The van der Waals surface area contributed by atoms with Crippen LogP contribution in [0, 0.1) is 5.92 Å². The number of carbonyl (C=O) groups is 1. The first-order chi connectivity index (χ1) is 14.9. The van der Waals surface area contributed by atoms with Gasteiger partial charge >= 0.3 is 5.97 Å². The largest absolute Gasteiger partial charge is 0.508 e. The Balaban J connectivity index is 1.58. The van der Waals surface area contributed by atoms with Crippen molar-refractivity contribution in [3.63, 3.8) is 0 Å². The number of rotatable bonds is 7. The number of nitrogens with one attached hydrogen (secondary N) is 1. The highest BCUT2D eigenvalue weighted by atomic mass is 32.1. The van der Waals surface area contributed by atoms with E-state index in [2.05, 4.69) is 23.8 Å². The number of nitrogens with zero attached hydrogens (tertiary/aromatic N) is 2. The van der Waals surface area contributed by atoms with Gasteiger partial charge in [-0.25, -0.2) is 14.8 Å². The normalized spacial score (nSPS) is 11.2. The first-order valence-electron chi connectivity index (χ1n) is 9.90. The van der Waals surface area contributed by atoms with E-state index in [1.54, 1.807) is 36.4 Å². The van der Waals surface area contributed by atoms with Crippen LogP contribution in [0.2, 0.25) is 0 Å². The average molecular weight is 438 g/mol. The highest BCUT2D eigenvalue weighted by molar-refractivity contribution is 7.10. The van der Waals surface area contributed by atoms with Crippen LogP contribution in [0.15, 0.2) is 41.8 Å². The van der Waals surface area contributed by atoms with E-state index in [0.717, 1.165) is 33.0 Å². The van der Waals surface area contributed by atoms with E-state index in [1.165, 1.54) is 18.4 Å². The fraction of sp³-hybridized carbons (Fsp3) is 0.261. The molecule has 160 valence electrons. The number of methoxy groups -OCH3 is 1. The van der Waals surface area contributed by atoms with Gasteiger partial charge in [0.15, 0.2) is 5.82 Å². The van der Waals surface area contributed by atoms with Crippen LogP contribution in [-0.4, -0.2) is 39.7 Å². The Bertz CT molecular complexity index is 1230. The van der Waals surface area contributed by atoms with Crippen molar-refractivity contribution >= 4 is 28.3 Å². The minimum atomic E-state index is -0.393. The summed E-state index contributed by atoms with van der Waals surface area (Å²) < 4.78 is 10.7. The Morgan fingerprint density at radius 1 is 1.19 bits per heavy atom. The summed E-state index contributed by atoms with van der Waals surface area (Å²) in [7, 11) is 1.35. The zero-order valence-electron chi connectivity index (χ0n) is 17.5. The van der Waals surface area contributed by atoms with Gasteiger partial charge in [-0.1, -0.05) is 13.8 Å². The number of ether oxygens (including phenoxy) is 2. The Hall–Kier alpha value is -3.39. The summed E-state index contributed by atoms with van der Waals surface area (Å²) in [5, 5.41) is 12.7. The molecule has 2 heterocycles. The number of thiazole rings is 1. The lowest BCUT2D eigenvalue weighted by Gasteiger charge is -2.13. The van der Waals surface area contributed by atoms with Gasteiger partial charge in [-0.3, -0.25) is 0 Å². The first-order valence-corrected chi connectivity index (χ1v) is 10.8. The van der Waals surface area contributed by atoms with Crippen LogP contribution in [0.5, 0.6) is 11.5 Å². The number of hydrogen-bond acceptors (Lipinski definition) is 7. The van der Waals surface area contributed by atoms with Crippen molar-refractivity contribution in [1.82, 2.24) is 15.0 Å². The zero-order valence-corrected chi connectivity index (χ0v) is 18.3. The Morgan fingerprint density at radius 3 is 2.81 bits per heavy atom. The minimum absolute atomic E-state index is 0.197. The second-order valence-electron chi connectivity index (χ2n) is 7.61. The predicted molar refractivity (Wildman–Crippen MR) is 120 cm³/mol. The monoisotopic (exact) mass is 437 g/mol. The van der Waals surface area contributed by atoms with Crippen molar-refractivity contribution < 1.29 is 19.4 Å². The lowest BCUT2D eigenvalue weighted by atomic mass is 10.1. The third-order valence-corrected chi connectivity index (χ3v) is 5.50. The SMILES string of the molecule is COC(=O)c1ccc2nc(-c3csc(Cc4cc(O)ccc4OCC(C)C)n3)[nH]c2c1. The number of hydrogen-bond donors (Lipinski definition) is 2. The van der Waals surface area contributed by atoms with Gasteiger partial charge in [0.1, 0.15) is 17.2 Å². The van der Waals surface area contributed by atoms with E-state index in [-0.39, 0.29) is 5.75 Å². The quantitative estimate of drug-likeness (QED) is 0.403. The minimum Gasteiger partial charge on any atom is -0.508 e. The molecule has 0 spiro atoms. The molecule has 4 rings (SSSR count). The molecular weight excluding hydrogens is 414 g/mol. The fourth-order valence-electron chi connectivity index (χ4n) is 3.14. The van der Waals surface area contributed by atoms with Crippen LogP contribution in [0.1, 0.15) is 34.8 Å². The van der Waals surface area contributed by atoms with Crippen LogP contribution in [0.25, 0.3) is 22.6 Å². The topological polar surface area (TPSA) is 97.3 Å². The van der Waals surface area contributed by atoms with E-state index in [4.69, 9.17) is 14.5 Å². The van der Waals surface area contributed by atoms with Crippen molar-refractivity contribution in [2.45, 2.75) is 20.3 Å². The summed E-state index contributed by atoms with van der Waals surface area (Å²) in [6.07, 6.45) is 0.541. The Labute approximate surface area is 183 Å². The molecule has 2 aromatic heterocycles. The van der Waals surface area contributed by atoms with Gasteiger partial charge < -0.3 is 19.6 Å². The van der Waals surface area contributed by atoms with Crippen LogP contribution in [-0.2, 0) is 11.2 Å². The van der Waals surface area contributed by atoms with Gasteiger partial charge in [0.25, 0.3) is 0 Å². The lowest BCUT2D eigenvalue weighted by Crippen LogP contribution is -2.06. The van der Waals surface area contributed by atoms with Crippen molar-refractivity contribution in [1.29, 1.82) is 0 Å². The third-order valence-electron chi connectivity index (χ3n) is 4.66. The van der Waals surface area contributed by atoms with E-state index < -0.39 is 5.97 Å². The molecular formula is C23H23N3O4S. The van der Waals surface area contributed by atoms with Gasteiger partial charge in [-0.2, -0.15) is 0 Å². The summed E-state index contributed by atoms with van der Waals surface area (Å²) >= 11 is 1.52. The maximum absolute atomic E-state index is 11.8. The molecule has 0 bridgehead atoms. The smallest absolute Gasteiger partial charge is 0.337 e. The summed E-state index contributed by atoms with van der Waals surface area (Å²) in [6.45, 7) is 4.79. The highest BCUT2D eigenvalue weighted by Gasteiger charge is 2.14. The zero-order chi connectivity index (χ0) is 22.0. The Kier molecular flexibility index (Phi) is 5.90. The maximum atomic E-state index is 11.8. The van der Waals surface area contributed by atoms with Crippen molar-refractivity contribution in [2.24, 2.45) is 5.92 Å². The van der Waals surface area contributed by atoms with E-state index >= 15 is 0 Å². The van der Waals surface area contributed by atoms with Crippen molar-refractivity contribution in [3.8, 4) is 23.0 Å². The maximum Gasteiger partial charge on any atom is 0.337 e. The van der Waals surface area contributed by atoms with Gasteiger partial charge in [-0.15, -0.1) is 11.3 Å². The van der Waals surface area contributed by atoms with Gasteiger partial charge in [0.05, 0.1) is 35.3 Å². The molecule has 31 heavy (non-hydrogen) atoms. The van der Waals surface area contributed by atoms with E-state index in [1.807, 2.05) is 5.38 Å². The Morgan fingerprint density at radius 2 is 2.03 bits per heavy atom. The molecule has 0 aliphatic carbocycles. The van der Waals surface area contributed by atoms with Gasteiger partial charge in [-0.05, 0) is 42.3 Å². The number of esters is 1. The molecule has 0 amide bonds. The van der Waals surface area contributed by atoms with Crippen LogP contribution < -0.4 is 4.74 Å². The second kappa shape index (κ2) is 8.77. The van der Waals surface area contributed by atoms with Gasteiger partial charge in [0, 0.05) is 17.4 Å². The molecule has 2 aromatic carbocycles. The number of aromatic amines is 1. The molecule has 0 radical (unpaired) electrons. The molecule has 7 nitrogen and oxygen atoms in total. The molecule has 0 saturated heterocycles. The standard InChI is InChI=1S/C23H23N3O4S/c1-13(2)11-30-20-7-5-16(27)8-15(20)10-21-24-19(12-31-21)22-25-17-6-4-14(23(28)29-3)9-18(17)26-22/h4-9,12-13,27H,10-11H2,1-3H3,(H,25,26).